The monoisotopic (exact) mass is 550 g/mol. The van der Waals surface area contributed by atoms with E-state index in [0.29, 0.717) is 52.4 Å². The first kappa shape index (κ1) is 24.7. The highest BCUT2D eigenvalue weighted by molar-refractivity contribution is 6.00. The molecule has 0 aliphatic rings. The number of alkyl halides is 3. The van der Waals surface area contributed by atoms with Crippen LogP contribution in [0.2, 0.25) is 0 Å². The number of ether oxygens (including phenoxy) is 1. The minimum absolute atomic E-state index is 0.168. The standard InChI is InChI=1S/C32H32F3N3O2/c1-38(2)30(39)12-8-3-4-9-19-40-27-16-13-24(14-17-27)31(25-15-18-29-26(20-25)22-36-37-29)28(21-32(33,34)35)23-10-6-5-7-11-23/h5-8,10-18,20,22H,3-4,9,19,21H2,1-2H3,(H,36,37)/b12-8+,31-28+/i1D3. The number of likely N-dealkylation sites (N-methyl/N-ethyl adjacent to an activating group) is 1. The molecule has 0 saturated carbocycles. The topological polar surface area (TPSA) is 58.2 Å². The summed E-state index contributed by atoms with van der Waals surface area (Å²) in [6, 6.07) is 21.0. The van der Waals surface area contributed by atoms with Gasteiger partial charge < -0.3 is 9.64 Å². The van der Waals surface area contributed by atoms with E-state index in [-0.39, 0.29) is 5.57 Å². The van der Waals surface area contributed by atoms with Crippen molar-refractivity contribution in [2.45, 2.75) is 31.9 Å². The highest BCUT2D eigenvalue weighted by Crippen LogP contribution is 2.40. The van der Waals surface area contributed by atoms with E-state index in [1.54, 1.807) is 72.9 Å². The van der Waals surface area contributed by atoms with Crippen LogP contribution in [-0.2, 0) is 4.79 Å². The molecule has 4 aromatic rings. The Bertz CT molecular complexity index is 1580. The number of aromatic nitrogens is 2. The molecule has 8 heteroatoms. The van der Waals surface area contributed by atoms with Crippen LogP contribution in [0.4, 0.5) is 13.2 Å². The van der Waals surface area contributed by atoms with Crippen LogP contribution in [0.1, 0.15) is 46.5 Å². The molecule has 4 rings (SSSR count). The molecule has 0 unspecified atom stereocenters. The summed E-state index contributed by atoms with van der Waals surface area (Å²) in [5.74, 6) is -0.00408. The number of halogens is 3. The number of benzene rings is 3. The van der Waals surface area contributed by atoms with Crippen molar-refractivity contribution in [2.75, 3.05) is 20.6 Å². The molecule has 0 atom stereocenters. The van der Waals surface area contributed by atoms with Gasteiger partial charge in [0.2, 0.25) is 5.91 Å². The Morgan fingerprint density at radius 3 is 2.50 bits per heavy atom. The zero-order valence-corrected chi connectivity index (χ0v) is 22.0. The maximum atomic E-state index is 13.9. The molecule has 5 nitrogen and oxygen atoms in total. The van der Waals surface area contributed by atoms with Crippen molar-refractivity contribution >= 4 is 28.0 Å². The van der Waals surface area contributed by atoms with Crippen molar-refractivity contribution in [3.63, 3.8) is 0 Å². The van der Waals surface area contributed by atoms with E-state index in [4.69, 9.17) is 8.85 Å². The molecule has 0 aliphatic carbocycles. The molecule has 0 fully saturated rings. The second kappa shape index (κ2) is 13.2. The van der Waals surface area contributed by atoms with E-state index in [1.165, 1.54) is 13.1 Å². The third kappa shape index (κ3) is 7.85. The number of nitrogens with zero attached hydrogens (tertiary/aromatic N) is 2. The van der Waals surface area contributed by atoms with Gasteiger partial charge in [-0.25, -0.2) is 0 Å². The molecular formula is C32H32F3N3O2. The first-order valence-corrected chi connectivity index (χ1v) is 12.9. The lowest BCUT2D eigenvalue weighted by Gasteiger charge is -2.19. The summed E-state index contributed by atoms with van der Waals surface area (Å²) in [5, 5.41) is 7.71. The van der Waals surface area contributed by atoms with Gasteiger partial charge in [0.25, 0.3) is 0 Å². The number of fused-ring (bicyclic) bond motifs is 1. The van der Waals surface area contributed by atoms with Gasteiger partial charge in [0, 0.05) is 23.5 Å². The summed E-state index contributed by atoms with van der Waals surface area (Å²) < 4.78 is 69.3. The predicted octanol–water partition coefficient (Wildman–Crippen LogP) is 7.67. The number of allylic oxidation sites excluding steroid dienone is 2. The van der Waals surface area contributed by atoms with E-state index >= 15 is 0 Å². The number of carbonyl (C=O) groups excluding carboxylic acids is 1. The van der Waals surface area contributed by atoms with Gasteiger partial charge in [0.05, 0.1) is 24.7 Å². The molecule has 0 spiro atoms. The summed E-state index contributed by atoms with van der Waals surface area (Å²) in [7, 11) is 1.23. The predicted molar refractivity (Wildman–Crippen MR) is 153 cm³/mol. The van der Waals surface area contributed by atoms with Crippen LogP contribution in [0, 0.1) is 0 Å². The fraction of sp³-hybridized carbons (Fsp3) is 0.250. The van der Waals surface area contributed by atoms with Crippen molar-refractivity contribution < 1.29 is 26.8 Å². The molecule has 0 radical (unpaired) electrons. The Hall–Kier alpha value is -4.33. The fourth-order valence-corrected chi connectivity index (χ4v) is 4.36. The maximum absolute atomic E-state index is 13.9. The van der Waals surface area contributed by atoms with Gasteiger partial charge in [-0.15, -0.1) is 0 Å². The summed E-state index contributed by atoms with van der Waals surface area (Å²) in [6.45, 7) is -2.07. The van der Waals surface area contributed by atoms with Crippen LogP contribution in [0.3, 0.4) is 0 Å². The van der Waals surface area contributed by atoms with Gasteiger partial charge in [0.1, 0.15) is 5.75 Å². The normalized spacial score (nSPS) is 13.9. The van der Waals surface area contributed by atoms with Gasteiger partial charge in [-0.05, 0) is 77.4 Å². The molecule has 1 N–H and O–H groups in total. The van der Waals surface area contributed by atoms with E-state index in [1.807, 2.05) is 12.1 Å². The van der Waals surface area contributed by atoms with Crippen molar-refractivity contribution in [1.82, 2.24) is 15.1 Å². The number of hydrogen-bond acceptors (Lipinski definition) is 3. The summed E-state index contributed by atoms with van der Waals surface area (Å²) in [5.41, 5.74) is 3.18. The van der Waals surface area contributed by atoms with Crippen LogP contribution >= 0.6 is 0 Å². The molecule has 0 saturated heterocycles. The number of H-pyrrole nitrogens is 1. The molecule has 40 heavy (non-hydrogen) atoms. The number of unbranched alkanes of at least 4 members (excludes halogenated alkanes) is 2. The zero-order valence-electron chi connectivity index (χ0n) is 25.0. The van der Waals surface area contributed by atoms with Crippen LogP contribution in [-0.4, -0.2) is 47.8 Å². The first-order valence-electron chi connectivity index (χ1n) is 14.4. The van der Waals surface area contributed by atoms with Crippen molar-refractivity contribution in [3.05, 3.63) is 108 Å². The number of nitrogens with one attached hydrogen (secondary N) is 1. The van der Waals surface area contributed by atoms with Gasteiger partial charge in [-0.2, -0.15) is 18.3 Å². The molecule has 208 valence electrons. The Morgan fingerprint density at radius 1 is 1.02 bits per heavy atom. The van der Waals surface area contributed by atoms with Crippen LogP contribution in [0.25, 0.3) is 22.0 Å². The summed E-state index contributed by atoms with van der Waals surface area (Å²) >= 11 is 0. The average molecular weight is 551 g/mol. The lowest BCUT2D eigenvalue weighted by Crippen LogP contribution is -2.18. The largest absolute Gasteiger partial charge is 0.494 e. The van der Waals surface area contributed by atoms with E-state index in [0.717, 1.165) is 17.3 Å². The molecular weight excluding hydrogens is 515 g/mol. The fourth-order valence-electron chi connectivity index (χ4n) is 4.36. The molecule has 1 heterocycles. The van der Waals surface area contributed by atoms with Crippen molar-refractivity contribution in [3.8, 4) is 5.75 Å². The minimum Gasteiger partial charge on any atom is -0.494 e. The highest BCUT2D eigenvalue weighted by atomic mass is 19.4. The van der Waals surface area contributed by atoms with Gasteiger partial charge in [-0.3, -0.25) is 9.89 Å². The van der Waals surface area contributed by atoms with Crippen molar-refractivity contribution in [2.24, 2.45) is 0 Å². The number of aromatic amines is 1. The van der Waals surface area contributed by atoms with Crippen molar-refractivity contribution in [1.29, 1.82) is 0 Å². The Kier molecular flexibility index (Phi) is 8.12. The van der Waals surface area contributed by atoms with Gasteiger partial charge >= 0.3 is 6.18 Å². The SMILES string of the molecule is [2H]C([2H])([2H])N(C)C(=O)/C=C/CCCCOc1ccc(/C(=C(/CC(F)(F)F)c2ccccc2)c2ccc3[nH]ncc3c2)cc1. The maximum Gasteiger partial charge on any atom is 0.393 e. The zero-order chi connectivity index (χ0) is 31.0. The molecule has 1 aromatic heterocycles. The second-order valence-corrected chi connectivity index (χ2v) is 9.35. The summed E-state index contributed by atoms with van der Waals surface area (Å²) in [4.78, 5) is 12.6. The lowest BCUT2D eigenvalue weighted by atomic mass is 9.87. The summed E-state index contributed by atoms with van der Waals surface area (Å²) in [6.07, 6.45) is 1.01. The minimum atomic E-state index is -4.42. The molecule has 1 amide bonds. The molecule has 3 aromatic carbocycles. The van der Waals surface area contributed by atoms with Crippen LogP contribution in [0.15, 0.2) is 91.1 Å². The Labute approximate surface area is 236 Å². The highest BCUT2D eigenvalue weighted by Gasteiger charge is 2.31. The van der Waals surface area contributed by atoms with E-state index in [2.05, 4.69) is 10.2 Å². The number of rotatable bonds is 11. The van der Waals surface area contributed by atoms with E-state index in [9.17, 15) is 18.0 Å². The smallest absolute Gasteiger partial charge is 0.393 e. The van der Waals surface area contributed by atoms with Gasteiger partial charge in [0.15, 0.2) is 0 Å². The molecule has 0 aliphatic heterocycles. The Balaban J connectivity index is 1.51. The quantitative estimate of drug-likeness (QED) is 0.118. The van der Waals surface area contributed by atoms with Crippen LogP contribution in [0.5, 0.6) is 5.75 Å². The number of carbonyl (C=O) groups is 1. The van der Waals surface area contributed by atoms with Crippen LogP contribution < -0.4 is 4.74 Å². The third-order valence-electron chi connectivity index (χ3n) is 6.30. The second-order valence-electron chi connectivity index (χ2n) is 9.35. The molecule has 0 bridgehead atoms. The average Bonchev–Trinajstić information content (AvgIpc) is 3.44. The van der Waals surface area contributed by atoms with E-state index < -0.39 is 25.5 Å². The number of amides is 1. The number of hydrogen-bond donors (Lipinski definition) is 1. The third-order valence-corrected chi connectivity index (χ3v) is 6.30. The first-order chi connectivity index (χ1) is 20.4. The Morgan fingerprint density at radius 2 is 1.77 bits per heavy atom. The van der Waals surface area contributed by atoms with Gasteiger partial charge in [-0.1, -0.05) is 54.6 Å². The lowest BCUT2D eigenvalue weighted by molar-refractivity contribution is -0.124.